The maximum atomic E-state index is 14.6. The minimum atomic E-state index is -3.28. The van der Waals surface area contributed by atoms with Crippen molar-refractivity contribution in [3.05, 3.63) is 29.6 Å². The molecule has 1 aliphatic rings. The van der Waals surface area contributed by atoms with Gasteiger partial charge in [-0.1, -0.05) is 6.07 Å². The fraction of sp³-hybridized carbons (Fsp3) is 0.526. The number of carboxylic acid groups (broad SMARTS) is 1. The molecule has 0 spiro atoms. The van der Waals surface area contributed by atoms with E-state index in [2.05, 4.69) is 10.6 Å². The fourth-order valence-corrected chi connectivity index (χ4v) is 3.50. The van der Waals surface area contributed by atoms with E-state index in [1.165, 1.54) is 19.2 Å². The van der Waals surface area contributed by atoms with Gasteiger partial charge in [-0.15, -0.1) is 0 Å². The predicted molar refractivity (Wildman–Crippen MR) is 99.6 cm³/mol. The normalized spacial score (nSPS) is 19.9. The van der Waals surface area contributed by atoms with Gasteiger partial charge in [0.1, 0.15) is 18.1 Å². The minimum absolute atomic E-state index is 0.0792. The van der Waals surface area contributed by atoms with Gasteiger partial charge in [-0.2, -0.15) is 0 Å². The van der Waals surface area contributed by atoms with Gasteiger partial charge >= 0.3 is 5.97 Å². The highest BCUT2D eigenvalue weighted by molar-refractivity contribution is 5.84. The number of rotatable bonds is 9. The van der Waals surface area contributed by atoms with Crippen molar-refractivity contribution in [2.45, 2.75) is 37.1 Å². The van der Waals surface area contributed by atoms with Gasteiger partial charge in [0, 0.05) is 19.2 Å². The monoisotopic (exact) mass is 415 g/mol. The van der Waals surface area contributed by atoms with Gasteiger partial charge in [-0.05, 0) is 37.1 Å². The van der Waals surface area contributed by atoms with Gasteiger partial charge < -0.3 is 20.5 Å². The first-order valence-corrected chi connectivity index (χ1v) is 9.21. The molecule has 0 radical (unpaired) electrons. The molecule has 10 heteroatoms. The first-order valence-electron chi connectivity index (χ1n) is 9.21. The third kappa shape index (κ3) is 5.93. The summed E-state index contributed by atoms with van der Waals surface area (Å²) < 4.78 is 43.7. The van der Waals surface area contributed by atoms with Crippen LogP contribution in [0.1, 0.15) is 30.7 Å². The Morgan fingerprint density at radius 3 is 2.69 bits per heavy atom. The number of halogens is 3. The van der Waals surface area contributed by atoms with Crippen molar-refractivity contribution in [2.75, 3.05) is 32.0 Å². The van der Waals surface area contributed by atoms with Crippen molar-refractivity contribution in [1.29, 1.82) is 0 Å². The number of aliphatic carboxylic acids is 1. The van der Waals surface area contributed by atoms with E-state index in [1.807, 2.05) is 0 Å². The van der Waals surface area contributed by atoms with Crippen molar-refractivity contribution in [3.63, 3.8) is 0 Å². The standard InChI is InChI=1S/C19H24F3N3O4/c1-23-18(29)16(3-2-8-26)24-12-4-5-13(15(20)9-12)14-6-7-25(10-17(27)28)11-19(14,21)22/h4-5,8-9,14,16,24H,2-3,6-7,10-11H2,1H3,(H,23,29)(H,27,28). The average molecular weight is 415 g/mol. The average Bonchev–Trinajstić information content (AvgIpc) is 2.64. The number of alkyl halides is 2. The summed E-state index contributed by atoms with van der Waals surface area (Å²) in [6.45, 7) is -1.13. The summed E-state index contributed by atoms with van der Waals surface area (Å²) >= 11 is 0. The van der Waals surface area contributed by atoms with Crippen LogP contribution in [0.3, 0.4) is 0 Å². The molecule has 1 amide bonds. The minimum Gasteiger partial charge on any atom is -0.480 e. The van der Waals surface area contributed by atoms with Crippen molar-refractivity contribution in [2.24, 2.45) is 0 Å². The summed E-state index contributed by atoms with van der Waals surface area (Å²) in [6, 6.07) is 2.95. The lowest BCUT2D eigenvalue weighted by Gasteiger charge is -2.38. The summed E-state index contributed by atoms with van der Waals surface area (Å²) in [5.74, 6) is -7.06. The zero-order valence-electron chi connectivity index (χ0n) is 16.0. The second-order valence-electron chi connectivity index (χ2n) is 7.00. The zero-order valence-corrected chi connectivity index (χ0v) is 16.0. The van der Waals surface area contributed by atoms with E-state index >= 15 is 0 Å². The van der Waals surface area contributed by atoms with Gasteiger partial charge in [0.2, 0.25) is 5.91 Å². The molecule has 7 nitrogen and oxygen atoms in total. The number of carbonyl (C=O) groups excluding carboxylic acids is 2. The molecule has 2 unspecified atom stereocenters. The number of carboxylic acids is 1. The third-order valence-corrected chi connectivity index (χ3v) is 4.89. The van der Waals surface area contributed by atoms with E-state index in [0.717, 1.165) is 11.0 Å². The number of carbonyl (C=O) groups is 3. The van der Waals surface area contributed by atoms with Crippen LogP contribution in [0.15, 0.2) is 18.2 Å². The van der Waals surface area contributed by atoms with Gasteiger partial charge in [-0.3, -0.25) is 14.5 Å². The number of nitrogens with one attached hydrogen (secondary N) is 2. The number of benzene rings is 1. The highest BCUT2D eigenvalue weighted by atomic mass is 19.3. The molecule has 1 aromatic carbocycles. The smallest absolute Gasteiger partial charge is 0.317 e. The topological polar surface area (TPSA) is 98.7 Å². The van der Waals surface area contributed by atoms with Gasteiger partial charge in [0.25, 0.3) is 5.92 Å². The molecule has 160 valence electrons. The van der Waals surface area contributed by atoms with Crippen molar-refractivity contribution in [1.82, 2.24) is 10.2 Å². The molecule has 1 heterocycles. The number of anilines is 1. The molecule has 2 rings (SSSR count). The Hall–Kier alpha value is -2.62. The first kappa shape index (κ1) is 22.7. The first-order chi connectivity index (χ1) is 13.7. The molecular weight excluding hydrogens is 391 g/mol. The Kier molecular flexibility index (Phi) is 7.60. The molecule has 0 saturated carbocycles. The Balaban J connectivity index is 2.15. The lowest BCUT2D eigenvalue weighted by molar-refractivity contribution is -0.142. The Morgan fingerprint density at radius 2 is 2.14 bits per heavy atom. The maximum Gasteiger partial charge on any atom is 0.317 e. The van der Waals surface area contributed by atoms with Crippen molar-refractivity contribution >= 4 is 23.9 Å². The molecule has 1 fully saturated rings. The SMILES string of the molecule is CNC(=O)C(CCC=O)Nc1ccc(C2CCN(CC(=O)O)CC2(F)F)c(F)c1. The largest absolute Gasteiger partial charge is 0.480 e. The number of amides is 1. The number of likely N-dealkylation sites (N-methyl/N-ethyl adjacent to an activating group) is 1. The summed E-state index contributed by atoms with van der Waals surface area (Å²) in [4.78, 5) is 34.3. The summed E-state index contributed by atoms with van der Waals surface area (Å²) in [6.07, 6.45) is 0.920. The van der Waals surface area contributed by atoms with Crippen LogP contribution in [0, 0.1) is 5.82 Å². The Bertz CT molecular complexity index is 760. The highest BCUT2D eigenvalue weighted by Crippen LogP contribution is 2.41. The van der Waals surface area contributed by atoms with Gasteiger partial charge in [-0.25, -0.2) is 13.2 Å². The third-order valence-electron chi connectivity index (χ3n) is 4.89. The van der Waals surface area contributed by atoms with Crippen LogP contribution < -0.4 is 10.6 Å². The predicted octanol–water partition coefficient (Wildman–Crippen LogP) is 1.84. The second kappa shape index (κ2) is 9.73. The lowest BCUT2D eigenvalue weighted by Crippen LogP contribution is -2.49. The number of hydrogen-bond acceptors (Lipinski definition) is 5. The van der Waals surface area contributed by atoms with E-state index in [4.69, 9.17) is 5.11 Å². The Morgan fingerprint density at radius 1 is 1.41 bits per heavy atom. The number of piperidine rings is 1. The molecule has 29 heavy (non-hydrogen) atoms. The van der Waals surface area contributed by atoms with E-state index in [9.17, 15) is 27.6 Å². The van der Waals surface area contributed by atoms with Crippen LogP contribution in [-0.4, -0.2) is 66.8 Å². The lowest BCUT2D eigenvalue weighted by atomic mass is 9.85. The molecule has 0 aliphatic carbocycles. The van der Waals surface area contributed by atoms with Crippen LogP contribution in [0.25, 0.3) is 0 Å². The summed E-state index contributed by atoms with van der Waals surface area (Å²) in [5.41, 5.74) is 0.0808. The van der Waals surface area contributed by atoms with Gasteiger partial charge in [0.05, 0.1) is 19.0 Å². The summed E-state index contributed by atoms with van der Waals surface area (Å²) in [7, 11) is 1.43. The van der Waals surface area contributed by atoms with Crippen LogP contribution in [0.5, 0.6) is 0 Å². The molecule has 1 saturated heterocycles. The zero-order chi connectivity index (χ0) is 21.6. The van der Waals surface area contributed by atoms with E-state index in [1.54, 1.807) is 0 Å². The van der Waals surface area contributed by atoms with E-state index < -0.39 is 42.8 Å². The van der Waals surface area contributed by atoms with E-state index in [-0.39, 0.29) is 43.0 Å². The van der Waals surface area contributed by atoms with Crippen LogP contribution in [0.2, 0.25) is 0 Å². The molecular formula is C19H24F3N3O4. The number of likely N-dealkylation sites (tertiary alicyclic amines) is 1. The molecule has 0 bridgehead atoms. The molecule has 1 aromatic rings. The van der Waals surface area contributed by atoms with E-state index in [0.29, 0.717) is 6.29 Å². The molecule has 3 N–H and O–H groups in total. The summed E-state index contributed by atoms with van der Waals surface area (Å²) in [5, 5.41) is 14.0. The number of hydrogen-bond donors (Lipinski definition) is 3. The molecule has 1 aliphatic heterocycles. The highest BCUT2D eigenvalue weighted by Gasteiger charge is 2.46. The molecule has 0 aromatic heterocycles. The van der Waals surface area contributed by atoms with Crippen LogP contribution in [0.4, 0.5) is 18.9 Å². The second-order valence-corrected chi connectivity index (χ2v) is 7.00. The number of aldehydes is 1. The van der Waals surface area contributed by atoms with Crippen molar-refractivity contribution in [3.8, 4) is 0 Å². The molecule has 2 atom stereocenters. The van der Waals surface area contributed by atoms with Crippen molar-refractivity contribution < 1.29 is 32.7 Å². The van der Waals surface area contributed by atoms with Crippen LogP contribution >= 0.6 is 0 Å². The maximum absolute atomic E-state index is 14.6. The number of nitrogens with zero attached hydrogens (tertiary/aromatic N) is 1. The van der Waals surface area contributed by atoms with Gasteiger partial charge in [0.15, 0.2) is 0 Å². The van der Waals surface area contributed by atoms with Crippen LogP contribution in [-0.2, 0) is 14.4 Å². The quantitative estimate of drug-likeness (QED) is 0.533. The Labute approximate surface area is 166 Å². The fourth-order valence-electron chi connectivity index (χ4n) is 3.50.